The molecule has 0 amide bonds. The first-order valence-electron chi connectivity index (χ1n) is 5.81. The van der Waals surface area contributed by atoms with Crippen LogP contribution < -0.4 is 0 Å². The van der Waals surface area contributed by atoms with Crippen LogP contribution in [0.1, 0.15) is 30.6 Å². The first kappa shape index (κ1) is 12.3. The minimum Gasteiger partial charge on any atom is -0.306 e. The number of hydrogen-bond donors (Lipinski definition) is 1. The van der Waals surface area contributed by atoms with Gasteiger partial charge in [-0.2, -0.15) is 0 Å². The third-order valence-electron chi connectivity index (χ3n) is 2.96. The Hall–Kier alpha value is -1.19. The molecule has 17 heavy (non-hydrogen) atoms. The van der Waals surface area contributed by atoms with Crippen LogP contribution in [-0.2, 0) is 11.1 Å². The van der Waals surface area contributed by atoms with Crippen molar-refractivity contribution in [1.29, 1.82) is 0 Å². The topological polar surface area (TPSA) is 37.3 Å². The van der Waals surface area contributed by atoms with Gasteiger partial charge in [-0.05, 0) is 22.8 Å². The quantitative estimate of drug-likeness (QED) is 0.833. The SMILES string of the molecule is CCCC(c1cccc2ccccc12)S(=O)O. The van der Waals surface area contributed by atoms with Crippen molar-refractivity contribution in [2.24, 2.45) is 0 Å². The molecule has 2 rings (SSSR count). The van der Waals surface area contributed by atoms with E-state index in [0.29, 0.717) is 0 Å². The molecule has 0 aliphatic rings. The Kier molecular flexibility index (Phi) is 3.92. The van der Waals surface area contributed by atoms with E-state index in [-0.39, 0.29) is 5.25 Å². The molecule has 3 heteroatoms. The molecule has 2 unspecified atom stereocenters. The van der Waals surface area contributed by atoms with Crippen LogP contribution in [0.25, 0.3) is 10.8 Å². The molecule has 2 nitrogen and oxygen atoms in total. The summed E-state index contributed by atoms with van der Waals surface area (Å²) in [5.74, 6) is 0. The van der Waals surface area contributed by atoms with Crippen molar-refractivity contribution in [3.63, 3.8) is 0 Å². The fourth-order valence-corrected chi connectivity index (χ4v) is 3.02. The average Bonchev–Trinajstić information content (AvgIpc) is 2.35. The minimum absolute atomic E-state index is 0.286. The molecule has 0 aliphatic carbocycles. The molecule has 90 valence electrons. The first-order chi connectivity index (χ1) is 8.24. The van der Waals surface area contributed by atoms with Crippen molar-refractivity contribution >= 4 is 21.9 Å². The molecule has 0 saturated heterocycles. The van der Waals surface area contributed by atoms with Gasteiger partial charge < -0.3 is 4.55 Å². The molecule has 0 radical (unpaired) electrons. The van der Waals surface area contributed by atoms with Gasteiger partial charge in [0.15, 0.2) is 11.1 Å². The Bertz CT molecular complexity index is 531. The van der Waals surface area contributed by atoms with Gasteiger partial charge in [-0.3, -0.25) is 0 Å². The molecule has 2 atom stereocenters. The fourth-order valence-electron chi connectivity index (χ4n) is 2.16. The van der Waals surface area contributed by atoms with E-state index >= 15 is 0 Å². The van der Waals surface area contributed by atoms with Crippen molar-refractivity contribution in [2.45, 2.75) is 25.0 Å². The Morgan fingerprint density at radius 1 is 1.18 bits per heavy atom. The highest BCUT2D eigenvalue weighted by atomic mass is 32.2. The smallest absolute Gasteiger partial charge is 0.160 e. The summed E-state index contributed by atoms with van der Waals surface area (Å²) in [6.07, 6.45) is 1.64. The van der Waals surface area contributed by atoms with E-state index in [2.05, 4.69) is 0 Å². The maximum absolute atomic E-state index is 11.4. The van der Waals surface area contributed by atoms with Gasteiger partial charge in [0.05, 0.1) is 5.25 Å². The van der Waals surface area contributed by atoms with E-state index in [9.17, 15) is 8.76 Å². The molecule has 2 aromatic rings. The monoisotopic (exact) mass is 248 g/mol. The molecule has 0 saturated carbocycles. The van der Waals surface area contributed by atoms with Crippen molar-refractivity contribution in [2.75, 3.05) is 0 Å². The van der Waals surface area contributed by atoms with Crippen LogP contribution in [0.5, 0.6) is 0 Å². The van der Waals surface area contributed by atoms with Gasteiger partial charge in [0.2, 0.25) is 0 Å². The van der Waals surface area contributed by atoms with Crippen LogP contribution in [0.4, 0.5) is 0 Å². The van der Waals surface area contributed by atoms with Gasteiger partial charge in [0.1, 0.15) is 0 Å². The van der Waals surface area contributed by atoms with Gasteiger partial charge in [0.25, 0.3) is 0 Å². The molecule has 0 fully saturated rings. The maximum Gasteiger partial charge on any atom is 0.160 e. The second-order valence-corrected chi connectivity index (χ2v) is 5.24. The highest BCUT2D eigenvalue weighted by Crippen LogP contribution is 2.30. The minimum atomic E-state index is -1.81. The number of rotatable bonds is 4. The van der Waals surface area contributed by atoms with Crippen molar-refractivity contribution in [3.8, 4) is 0 Å². The summed E-state index contributed by atoms with van der Waals surface area (Å²) < 4.78 is 20.9. The lowest BCUT2D eigenvalue weighted by Crippen LogP contribution is -2.06. The number of hydrogen-bond acceptors (Lipinski definition) is 1. The van der Waals surface area contributed by atoms with E-state index in [1.165, 1.54) is 0 Å². The lowest BCUT2D eigenvalue weighted by Gasteiger charge is -2.14. The normalized spacial score (nSPS) is 14.7. The summed E-state index contributed by atoms with van der Waals surface area (Å²) in [4.78, 5) is 0. The molecule has 2 aromatic carbocycles. The van der Waals surface area contributed by atoms with Crippen molar-refractivity contribution in [1.82, 2.24) is 0 Å². The maximum atomic E-state index is 11.4. The number of fused-ring (bicyclic) bond motifs is 1. The lowest BCUT2D eigenvalue weighted by atomic mass is 10.00. The molecule has 0 heterocycles. The summed E-state index contributed by atoms with van der Waals surface area (Å²) in [6.45, 7) is 2.03. The molecule has 0 aliphatic heterocycles. The summed E-state index contributed by atoms with van der Waals surface area (Å²) in [6, 6.07) is 13.9. The predicted octanol–water partition coefficient (Wildman–Crippen LogP) is 3.90. The second kappa shape index (κ2) is 5.43. The number of benzene rings is 2. The molecule has 0 spiro atoms. The van der Waals surface area contributed by atoms with Crippen molar-refractivity contribution < 1.29 is 8.76 Å². The van der Waals surface area contributed by atoms with Crippen LogP contribution in [0.15, 0.2) is 42.5 Å². The third kappa shape index (κ3) is 2.56. The Morgan fingerprint density at radius 2 is 1.88 bits per heavy atom. The predicted molar refractivity (Wildman–Crippen MR) is 72.4 cm³/mol. The van der Waals surface area contributed by atoms with Gasteiger partial charge >= 0.3 is 0 Å². The highest BCUT2D eigenvalue weighted by Gasteiger charge is 2.18. The van der Waals surface area contributed by atoms with E-state index in [1.807, 2.05) is 49.4 Å². The largest absolute Gasteiger partial charge is 0.306 e. The standard InChI is InChI=1S/C14H16O2S/c1-2-6-14(17(15)16)13-10-5-8-11-7-3-4-9-12(11)13/h3-5,7-10,14H,2,6H2,1H3,(H,15,16). The summed E-state index contributed by atoms with van der Waals surface area (Å²) in [5.41, 5.74) is 0.978. The summed E-state index contributed by atoms with van der Waals surface area (Å²) >= 11 is -1.81. The zero-order valence-corrected chi connectivity index (χ0v) is 10.6. The Labute approximate surface area is 104 Å². The average molecular weight is 248 g/mol. The van der Waals surface area contributed by atoms with Crippen molar-refractivity contribution in [3.05, 3.63) is 48.0 Å². The van der Waals surface area contributed by atoms with E-state index in [0.717, 1.165) is 29.2 Å². The van der Waals surface area contributed by atoms with E-state index in [1.54, 1.807) is 0 Å². The zero-order chi connectivity index (χ0) is 12.3. The third-order valence-corrected chi connectivity index (χ3v) is 3.94. The van der Waals surface area contributed by atoms with Crippen LogP contribution in [-0.4, -0.2) is 8.76 Å². The molecular weight excluding hydrogens is 232 g/mol. The lowest BCUT2D eigenvalue weighted by molar-refractivity contribution is 0.542. The molecule has 0 aromatic heterocycles. The van der Waals surface area contributed by atoms with Gasteiger partial charge in [-0.1, -0.05) is 55.8 Å². The Balaban J connectivity index is 2.56. The van der Waals surface area contributed by atoms with Gasteiger partial charge in [0, 0.05) is 0 Å². The zero-order valence-electron chi connectivity index (χ0n) is 9.80. The van der Waals surface area contributed by atoms with Crippen LogP contribution in [0.2, 0.25) is 0 Å². The summed E-state index contributed by atoms with van der Waals surface area (Å²) in [5, 5.41) is 1.92. The van der Waals surface area contributed by atoms with Crippen LogP contribution in [0.3, 0.4) is 0 Å². The molecular formula is C14H16O2S. The fraction of sp³-hybridized carbons (Fsp3) is 0.286. The van der Waals surface area contributed by atoms with Crippen LogP contribution in [0, 0.1) is 0 Å². The van der Waals surface area contributed by atoms with Gasteiger partial charge in [-0.15, -0.1) is 0 Å². The van der Waals surface area contributed by atoms with E-state index < -0.39 is 11.1 Å². The molecule has 1 N–H and O–H groups in total. The first-order valence-corrected chi connectivity index (χ1v) is 6.98. The van der Waals surface area contributed by atoms with Gasteiger partial charge in [-0.25, -0.2) is 4.21 Å². The summed E-state index contributed by atoms with van der Waals surface area (Å²) in [7, 11) is 0. The highest BCUT2D eigenvalue weighted by molar-refractivity contribution is 7.79. The Morgan fingerprint density at radius 3 is 2.59 bits per heavy atom. The second-order valence-electron chi connectivity index (χ2n) is 4.12. The van der Waals surface area contributed by atoms with E-state index in [4.69, 9.17) is 0 Å². The molecule has 0 bridgehead atoms. The van der Waals surface area contributed by atoms with Crippen LogP contribution >= 0.6 is 0 Å².